The molecule has 0 saturated heterocycles. The van der Waals surface area contributed by atoms with Gasteiger partial charge in [-0.15, -0.1) is 0 Å². The van der Waals surface area contributed by atoms with Gasteiger partial charge in [-0.1, -0.05) is 11.6 Å². The van der Waals surface area contributed by atoms with Crippen molar-refractivity contribution in [3.63, 3.8) is 0 Å². The highest BCUT2D eigenvalue weighted by atomic mass is 35.5. The molecule has 0 unspecified atom stereocenters. The first-order valence-electron chi connectivity index (χ1n) is 2.66. The smallest absolute Gasteiger partial charge is 0.142 e. The summed E-state index contributed by atoms with van der Waals surface area (Å²) < 4.78 is 0. The Kier molecular flexibility index (Phi) is 2.19. The third kappa shape index (κ3) is 1.67. The first-order chi connectivity index (χ1) is 4.83. The standard InChI is InChI=1S/C6H4ClN3/c7-5-3-9-6(1-2-8)10-4-5/h3-4H,1H2. The molecular formula is C6H4ClN3. The van der Waals surface area contributed by atoms with Gasteiger partial charge in [0.1, 0.15) is 5.82 Å². The molecular weight excluding hydrogens is 150 g/mol. The number of nitriles is 1. The molecule has 0 saturated carbocycles. The highest BCUT2D eigenvalue weighted by Gasteiger charge is 1.92. The van der Waals surface area contributed by atoms with E-state index in [0.29, 0.717) is 10.8 Å². The lowest BCUT2D eigenvalue weighted by atomic mass is 10.4. The van der Waals surface area contributed by atoms with E-state index in [1.165, 1.54) is 12.4 Å². The van der Waals surface area contributed by atoms with Crippen molar-refractivity contribution < 1.29 is 0 Å². The number of rotatable bonds is 1. The zero-order chi connectivity index (χ0) is 7.40. The van der Waals surface area contributed by atoms with Crippen molar-refractivity contribution in [2.24, 2.45) is 0 Å². The van der Waals surface area contributed by atoms with E-state index in [1.807, 2.05) is 6.07 Å². The quantitative estimate of drug-likeness (QED) is 0.609. The Labute approximate surface area is 63.3 Å². The predicted molar refractivity (Wildman–Crippen MR) is 36.4 cm³/mol. The lowest BCUT2D eigenvalue weighted by Crippen LogP contribution is -1.90. The average molecular weight is 154 g/mol. The molecule has 0 amide bonds. The van der Waals surface area contributed by atoms with Crippen molar-refractivity contribution in [2.45, 2.75) is 6.42 Å². The lowest BCUT2D eigenvalue weighted by molar-refractivity contribution is 0.995. The van der Waals surface area contributed by atoms with Gasteiger partial charge in [0, 0.05) is 12.4 Å². The molecule has 1 rings (SSSR count). The molecule has 50 valence electrons. The zero-order valence-corrected chi connectivity index (χ0v) is 5.84. The molecule has 1 aromatic rings. The van der Waals surface area contributed by atoms with Gasteiger partial charge < -0.3 is 0 Å². The second-order valence-corrected chi connectivity index (χ2v) is 2.09. The van der Waals surface area contributed by atoms with Crippen LogP contribution < -0.4 is 0 Å². The highest BCUT2D eigenvalue weighted by Crippen LogP contribution is 2.02. The largest absolute Gasteiger partial charge is 0.239 e. The third-order valence-electron chi connectivity index (χ3n) is 0.911. The molecule has 0 aliphatic heterocycles. The zero-order valence-electron chi connectivity index (χ0n) is 5.08. The lowest BCUT2D eigenvalue weighted by Gasteiger charge is -1.90. The van der Waals surface area contributed by atoms with Crippen molar-refractivity contribution in [3.05, 3.63) is 23.2 Å². The van der Waals surface area contributed by atoms with Crippen LogP contribution in [-0.4, -0.2) is 9.97 Å². The minimum atomic E-state index is 0.233. The van der Waals surface area contributed by atoms with Crippen LogP contribution in [0.3, 0.4) is 0 Å². The average Bonchev–Trinajstić information content (AvgIpc) is 1.95. The van der Waals surface area contributed by atoms with E-state index in [-0.39, 0.29) is 6.42 Å². The summed E-state index contributed by atoms with van der Waals surface area (Å²) in [6, 6.07) is 1.94. The molecule has 10 heavy (non-hydrogen) atoms. The van der Waals surface area contributed by atoms with Gasteiger partial charge in [0.25, 0.3) is 0 Å². The van der Waals surface area contributed by atoms with Crippen LogP contribution >= 0.6 is 11.6 Å². The van der Waals surface area contributed by atoms with E-state index in [4.69, 9.17) is 16.9 Å². The molecule has 0 fully saturated rings. The van der Waals surface area contributed by atoms with Crippen molar-refractivity contribution in [1.82, 2.24) is 9.97 Å². The Morgan fingerprint density at radius 3 is 2.60 bits per heavy atom. The number of hydrogen-bond donors (Lipinski definition) is 0. The molecule has 0 aliphatic rings. The van der Waals surface area contributed by atoms with Gasteiger partial charge in [0.2, 0.25) is 0 Å². The van der Waals surface area contributed by atoms with Crippen LogP contribution in [0.5, 0.6) is 0 Å². The fraction of sp³-hybridized carbons (Fsp3) is 0.167. The molecule has 4 heteroatoms. The Hall–Kier alpha value is -1.14. The first-order valence-corrected chi connectivity index (χ1v) is 3.04. The molecule has 0 atom stereocenters. The van der Waals surface area contributed by atoms with E-state index >= 15 is 0 Å². The van der Waals surface area contributed by atoms with Gasteiger partial charge in [0.05, 0.1) is 17.5 Å². The van der Waals surface area contributed by atoms with Crippen LogP contribution in [0.2, 0.25) is 5.02 Å². The number of hydrogen-bond acceptors (Lipinski definition) is 3. The molecule has 0 aliphatic carbocycles. The number of nitrogens with zero attached hydrogens (tertiary/aromatic N) is 3. The summed E-state index contributed by atoms with van der Waals surface area (Å²) in [5.74, 6) is 0.506. The van der Waals surface area contributed by atoms with Gasteiger partial charge >= 0.3 is 0 Å². The fourth-order valence-electron chi connectivity index (χ4n) is 0.501. The fourth-order valence-corrected chi connectivity index (χ4v) is 0.599. The van der Waals surface area contributed by atoms with Crippen molar-refractivity contribution in [2.75, 3.05) is 0 Å². The SMILES string of the molecule is N#CCc1ncc(Cl)cn1. The summed E-state index contributed by atoms with van der Waals surface area (Å²) in [7, 11) is 0. The maximum absolute atomic E-state index is 8.23. The van der Waals surface area contributed by atoms with Gasteiger partial charge in [0.15, 0.2) is 0 Å². The van der Waals surface area contributed by atoms with Crippen LogP contribution in [0.15, 0.2) is 12.4 Å². The van der Waals surface area contributed by atoms with Gasteiger partial charge in [-0.05, 0) is 0 Å². The Bertz CT molecular complexity index is 249. The van der Waals surface area contributed by atoms with E-state index in [9.17, 15) is 0 Å². The summed E-state index contributed by atoms with van der Waals surface area (Å²) in [5.41, 5.74) is 0. The molecule has 0 radical (unpaired) electrons. The van der Waals surface area contributed by atoms with Gasteiger partial charge in [-0.2, -0.15) is 5.26 Å². The normalized spacial score (nSPS) is 8.80. The molecule has 0 N–H and O–H groups in total. The van der Waals surface area contributed by atoms with Gasteiger partial charge in [-0.25, -0.2) is 9.97 Å². The van der Waals surface area contributed by atoms with Crippen LogP contribution in [0.25, 0.3) is 0 Å². The van der Waals surface area contributed by atoms with Crippen LogP contribution in [0, 0.1) is 11.3 Å². The van der Waals surface area contributed by atoms with Crippen LogP contribution in [0.4, 0.5) is 0 Å². The topological polar surface area (TPSA) is 49.6 Å². The Morgan fingerprint density at radius 2 is 2.10 bits per heavy atom. The third-order valence-corrected chi connectivity index (χ3v) is 1.11. The van der Waals surface area contributed by atoms with E-state index in [0.717, 1.165) is 0 Å². The minimum Gasteiger partial charge on any atom is -0.239 e. The predicted octanol–water partition coefficient (Wildman–Crippen LogP) is 1.20. The van der Waals surface area contributed by atoms with Crippen molar-refractivity contribution >= 4 is 11.6 Å². The molecule has 0 aromatic carbocycles. The molecule has 0 spiro atoms. The monoisotopic (exact) mass is 153 g/mol. The van der Waals surface area contributed by atoms with Crippen LogP contribution in [-0.2, 0) is 6.42 Å². The van der Waals surface area contributed by atoms with E-state index in [2.05, 4.69) is 9.97 Å². The first kappa shape index (κ1) is 6.97. The summed E-state index contributed by atoms with van der Waals surface area (Å²) in [4.78, 5) is 7.60. The van der Waals surface area contributed by atoms with E-state index in [1.54, 1.807) is 0 Å². The molecule has 1 heterocycles. The second kappa shape index (κ2) is 3.14. The maximum atomic E-state index is 8.23. The highest BCUT2D eigenvalue weighted by molar-refractivity contribution is 6.30. The molecule has 1 aromatic heterocycles. The van der Waals surface area contributed by atoms with E-state index < -0.39 is 0 Å². The second-order valence-electron chi connectivity index (χ2n) is 1.65. The maximum Gasteiger partial charge on any atom is 0.142 e. The van der Waals surface area contributed by atoms with Crippen molar-refractivity contribution in [3.8, 4) is 6.07 Å². The molecule has 0 bridgehead atoms. The van der Waals surface area contributed by atoms with Crippen LogP contribution in [0.1, 0.15) is 5.82 Å². The Balaban J connectivity index is 2.81. The number of halogens is 1. The Morgan fingerprint density at radius 1 is 1.50 bits per heavy atom. The number of aromatic nitrogens is 2. The molecule has 3 nitrogen and oxygen atoms in total. The summed E-state index contributed by atoms with van der Waals surface area (Å²) in [6.45, 7) is 0. The summed E-state index contributed by atoms with van der Waals surface area (Å²) >= 11 is 5.50. The summed E-state index contributed by atoms with van der Waals surface area (Å²) in [6.07, 6.45) is 3.18. The summed E-state index contributed by atoms with van der Waals surface area (Å²) in [5, 5.41) is 8.71. The minimum absolute atomic E-state index is 0.233. The van der Waals surface area contributed by atoms with Crippen molar-refractivity contribution in [1.29, 1.82) is 5.26 Å². The van der Waals surface area contributed by atoms with Gasteiger partial charge in [-0.3, -0.25) is 0 Å².